The van der Waals surface area contributed by atoms with E-state index in [2.05, 4.69) is 26.0 Å². The van der Waals surface area contributed by atoms with Crippen molar-refractivity contribution in [1.82, 2.24) is 0 Å². The van der Waals surface area contributed by atoms with E-state index in [1.54, 1.807) is 0 Å². The van der Waals surface area contributed by atoms with Crippen LogP contribution in [-0.2, 0) is 27.9 Å². The Balaban J connectivity index is 4.38. The van der Waals surface area contributed by atoms with Crippen molar-refractivity contribution in [3.05, 3.63) is 12.2 Å². The number of carbonyl (C=O) groups excluding carboxylic acids is 1. The summed E-state index contributed by atoms with van der Waals surface area (Å²) >= 11 is 0. The Morgan fingerprint density at radius 1 is 0.769 bits per heavy atom. The normalized spacial score (nSPS) is 14.5. The summed E-state index contributed by atoms with van der Waals surface area (Å²) in [6.07, 6.45) is 20.9. The summed E-state index contributed by atoms with van der Waals surface area (Å²) in [5.74, 6) is -0.350. The van der Waals surface area contributed by atoms with Gasteiger partial charge in [0.05, 0.1) is 34.4 Å². The van der Waals surface area contributed by atoms with Gasteiger partial charge in [0.25, 0.3) is 7.82 Å². The lowest BCUT2D eigenvalue weighted by Gasteiger charge is -2.28. The standard InChI is InChI=1S/C30H60NO7P/c1-6-8-10-12-14-15-16-17-18-19-21-23-30(32)38-29(27-35-25-22-20-13-11-9-7-2)28-37-39(33,34)36-26-24-31(3,4)5/h12,14,29H,6-11,13,15-28H2,1-5H3/b14-12-. The zero-order chi connectivity index (χ0) is 29.2. The second-order valence-electron chi connectivity index (χ2n) is 11.5. The molecule has 39 heavy (non-hydrogen) atoms. The smallest absolute Gasteiger partial charge is 0.306 e. The van der Waals surface area contributed by atoms with Crippen LogP contribution in [0.4, 0.5) is 0 Å². The minimum atomic E-state index is -4.50. The summed E-state index contributed by atoms with van der Waals surface area (Å²) in [7, 11) is 1.35. The highest BCUT2D eigenvalue weighted by molar-refractivity contribution is 7.45. The molecule has 0 aromatic heterocycles. The van der Waals surface area contributed by atoms with Crippen LogP contribution in [0.25, 0.3) is 0 Å². The van der Waals surface area contributed by atoms with Gasteiger partial charge in [-0.2, -0.15) is 0 Å². The predicted molar refractivity (Wildman–Crippen MR) is 157 cm³/mol. The number of quaternary nitrogens is 1. The van der Waals surface area contributed by atoms with Gasteiger partial charge in [0, 0.05) is 13.0 Å². The highest BCUT2D eigenvalue weighted by atomic mass is 31.2. The topological polar surface area (TPSA) is 94.1 Å². The molecule has 0 saturated heterocycles. The number of ether oxygens (including phenoxy) is 2. The minimum Gasteiger partial charge on any atom is -0.756 e. The molecule has 8 nitrogen and oxygen atoms in total. The molecule has 0 aliphatic carbocycles. The van der Waals surface area contributed by atoms with Crippen LogP contribution in [0.3, 0.4) is 0 Å². The third-order valence-electron chi connectivity index (χ3n) is 6.32. The first kappa shape index (κ1) is 38.2. The molecule has 9 heteroatoms. The van der Waals surface area contributed by atoms with Crippen molar-refractivity contribution in [1.29, 1.82) is 0 Å². The first-order valence-corrected chi connectivity index (χ1v) is 16.9. The quantitative estimate of drug-likeness (QED) is 0.0326. The molecule has 0 aliphatic rings. The molecule has 0 spiro atoms. The summed E-state index contributed by atoms with van der Waals surface area (Å²) in [6.45, 7) is 5.28. The molecule has 0 amide bonds. The fourth-order valence-electron chi connectivity index (χ4n) is 3.82. The average molecular weight is 578 g/mol. The largest absolute Gasteiger partial charge is 0.756 e. The van der Waals surface area contributed by atoms with Crippen molar-refractivity contribution in [3.8, 4) is 0 Å². The highest BCUT2D eigenvalue weighted by Gasteiger charge is 2.20. The Hall–Kier alpha value is -0.760. The van der Waals surface area contributed by atoms with E-state index in [-0.39, 0.29) is 25.8 Å². The maximum Gasteiger partial charge on any atom is 0.306 e. The maximum absolute atomic E-state index is 12.4. The number of likely N-dealkylation sites (N-methyl/N-ethyl adjacent to an activating group) is 1. The monoisotopic (exact) mass is 577 g/mol. The number of esters is 1. The lowest BCUT2D eigenvalue weighted by atomic mass is 10.1. The van der Waals surface area contributed by atoms with Crippen LogP contribution in [0.1, 0.15) is 117 Å². The molecule has 0 N–H and O–H groups in total. The Morgan fingerprint density at radius 2 is 1.36 bits per heavy atom. The fourth-order valence-corrected chi connectivity index (χ4v) is 4.55. The fraction of sp³-hybridized carbons (Fsp3) is 0.900. The lowest BCUT2D eigenvalue weighted by molar-refractivity contribution is -0.870. The van der Waals surface area contributed by atoms with Gasteiger partial charge in [0.1, 0.15) is 19.3 Å². The SMILES string of the molecule is CCCC/C=C\CCCCCCCC(=O)OC(COCCCCCCCC)COP(=O)([O-])OCC[N+](C)(C)C. The van der Waals surface area contributed by atoms with Crippen molar-refractivity contribution in [2.75, 3.05) is 54.1 Å². The second kappa shape index (κ2) is 25.0. The van der Waals surface area contributed by atoms with Gasteiger partial charge in [-0.3, -0.25) is 9.36 Å². The van der Waals surface area contributed by atoms with Crippen LogP contribution in [-0.4, -0.2) is 70.7 Å². The van der Waals surface area contributed by atoms with Gasteiger partial charge in [-0.1, -0.05) is 90.2 Å². The molecular formula is C30H60NO7P. The molecular weight excluding hydrogens is 517 g/mol. The molecule has 232 valence electrons. The van der Waals surface area contributed by atoms with Gasteiger partial charge in [-0.25, -0.2) is 0 Å². The van der Waals surface area contributed by atoms with Crippen LogP contribution in [0.15, 0.2) is 12.2 Å². The van der Waals surface area contributed by atoms with E-state index >= 15 is 0 Å². The van der Waals surface area contributed by atoms with Crippen LogP contribution >= 0.6 is 7.82 Å². The van der Waals surface area contributed by atoms with E-state index in [4.69, 9.17) is 18.5 Å². The third kappa shape index (κ3) is 28.6. The first-order chi connectivity index (χ1) is 18.6. The molecule has 0 rings (SSSR count). The van der Waals surface area contributed by atoms with Crippen molar-refractivity contribution in [2.24, 2.45) is 0 Å². The van der Waals surface area contributed by atoms with Gasteiger partial charge in [-0.05, 0) is 32.1 Å². The summed E-state index contributed by atoms with van der Waals surface area (Å²) in [5, 5.41) is 0. The van der Waals surface area contributed by atoms with E-state index in [9.17, 15) is 14.3 Å². The van der Waals surface area contributed by atoms with Gasteiger partial charge in [0.15, 0.2) is 0 Å². The third-order valence-corrected chi connectivity index (χ3v) is 7.28. The Bertz CT molecular complexity index is 652. The van der Waals surface area contributed by atoms with Gasteiger partial charge in [-0.15, -0.1) is 0 Å². The number of hydrogen-bond acceptors (Lipinski definition) is 7. The summed E-state index contributed by atoms with van der Waals surface area (Å²) < 4.78 is 34.0. The number of nitrogens with zero attached hydrogens (tertiary/aromatic N) is 1. The van der Waals surface area contributed by atoms with E-state index in [0.717, 1.165) is 44.9 Å². The summed E-state index contributed by atoms with van der Waals surface area (Å²) in [6, 6.07) is 0. The molecule has 0 fully saturated rings. The molecule has 0 aliphatic heterocycles. The number of phosphoric ester groups is 1. The minimum absolute atomic E-state index is 0.0262. The average Bonchev–Trinajstić information content (AvgIpc) is 2.86. The van der Waals surface area contributed by atoms with Crippen molar-refractivity contribution in [2.45, 2.75) is 123 Å². The molecule has 0 bridgehead atoms. The Kier molecular flexibility index (Phi) is 24.5. The molecule has 0 radical (unpaired) electrons. The van der Waals surface area contributed by atoms with Crippen LogP contribution < -0.4 is 4.89 Å². The van der Waals surface area contributed by atoms with Crippen molar-refractivity contribution >= 4 is 13.8 Å². The second-order valence-corrected chi connectivity index (χ2v) is 12.9. The molecule has 2 unspecified atom stereocenters. The molecule has 0 aromatic rings. The van der Waals surface area contributed by atoms with Gasteiger partial charge >= 0.3 is 5.97 Å². The molecule has 0 heterocycles. The lowest BCUT2D eigenvalue weighted by Crippen LogP contribution is -2.37. The predicted octanol–water partition coefficient (Wildman–Crippen LogP) is 6.96. The zero-order valence-corrected chi connectivity index (χ0v) is 26.7. The summed E-state index contributed by atoms with van der Waals surface area (Å²) in [4.78, 5) is 24.6. The number of hydrogen-bond donors (Lipinski definition) is 0. The molecule has 0 aromatic carbocycles. The van der Waals surface area contributed by atoms with Crippen molar-refractivity contribution < 1.29 is 37.3 Å². The Morgan fingerprint density at radius 3 is 2.03 bits per heavy atom. The zero-order valence-electron chi connectivity index (χ0n) is 25.8. The van der Waals surface area contributed by atoms with Crippen LogP contribution in [0.2, 0.25) is 0 Å². The van der Waals surface area contributed by atoms with Gasteiger partial charge < -0.3 is 27.9 Å². The number of rotatable bonds is 28. The van der Waals surface area contributed by atoms with E-state index in [1.807, 2.05) is 21.1 Å². The number of unbranched alkanes of at least 4 members (excludes halogenated alkanes) is 12. The number of phosphoric acid groups is 1. The van der Waals surface area contributed by atoms with E-state index < -0.39 is 13.9 Å². The first-order valence-electron chi connectivity index (χ1n) is 15.4. The Labute approximate surface area is 240 Å². The number of carbonyl (C=O) groups is 1. The van der Waals surface area contributed by atoms with Crippen LogP contribution in [0.5, 0.6) is 0 Å². The van der Waals surface area contributed by atoms with Crippen LogP contribution in [0, 0.1) is 0 Å². The maximum atomic E-state index is 12.4. The molecule has 2 atom stereocenters. The highest BCUT2D eigenvalue weighted by Crippen LogP contribution is 2.38. The van der Waals surface area contributed by atoms with E-state index in [0.29, 0.717) is 24.1 Å². The van der Waals surface area contributed by atoms with E-state index in [1.165, 1.54) is 51.4 Å². The summed E-state index contributed by atoms with van der Waals surface area (Å²) in [5.41, 5.74) is 0. The van der Waals surface area contributed by atoms with Crippen molar-refractivity contribution in [3.63, 3.8) is 0 Å². The van der Waals surface area contributed by atoms with Gasteiger partial charge in [0.2, 0.25) is 0 Å². The molecule has 0 saturated carbocycles. The number of allylic oxidation sites excluding steroid dienone is 2.